The highest BCUT2D eigenvalue weighted by Gasteiger charge is 2.24. The first-order valence-corrected chi connectivity index (χ1v) is 6.60. The second-order valence-electron chi connectivity index (χ2n) is 4.43. The molecule has 0 radical (unpaired) electrons. The van der Waals surface area contributed by atoms with Gasteiger partial charge < -0.3 is 15.2 Å². The minimum Gasteiger partial charge on any atom is -0.337 e. The summed E-state index contributed by atoms with van der Waals surface area (Å²) < 4.78 is 5.11. The van der Waals surface area contributed by atoms with Gasteiger partial charge in [0.2, 0.25) is 5.89 Å². The van der Waals surface area contributed by atoms with Gasteiger partial charge >= 0.3 is 0 Å². The number of anilines is 1. The summed E-state index contributed by atoms with van der Waals surface area (Å²) in [7, 11) is 0. The van der Waals surface area contributed by atoms with Gasteiger partial charge in [0.05, 0.1) is 6.04 Å². The van der Waals surface area contributed by atoms with Crippen LogP contribution in [0.2, 0.25) is 5.15 Å². The maximum Gasteiger partial charge on any atom is 0.297 e. The lowest BCUT2D eigenvalue weighted by Gasteiger charge is -2.02. The summed E-state index contributed by atoms with van der Waals surface area (Å²) in [6.45, 7) is 0.921. The van der Waals surface area contributed by atoms with E-state index in [1.165, 1.54) is 6.20 Å². The van der Waals surface area contributed by atoms with Gasteiger partial charge in [0, 0.05) is 11.9 Å². The van der Waals surface area contributed by atoms with Gasteiger partial charge in [-0.3, -0.25) is 4.79 Å². The van der Waals surface area contributed by atoms with Crippen molar-refractivity contribution in [1.82, 2.24) is 20.4 Å². The van der Waals surface area contributed by atoms with Gasteiger partial charge in [-0.2, -0.15) is 4.98 Å². The molecule has 104 valence electrons. The van der Waals surface area contributed by atoms with Gasteiger partial charge in [0.25, 0.3) is 11.7 Å². The van der Waals surface area contributed by atoms with Crippen LogP contribution in [-0.4, -0.2) is 27.6 Å². The quantitative estimate of drug-likeness (QED) is 0.838. The fraction of sp³-hybridized carbons (Fsp3) is 0.333. The third kappa shape index (κ3) is 2.78. The van der Waals surface area contributed by atoms with E-state index < -0.39 is 5.91 Å². The molecule has 1 aliphatic heterocycles. The molecular formula is C12H12ClN5O2. The van der Waals surface area contributed by atoms with Gasteiger partial charge in [-0.05, 0) is 31.5 Å². The van der Waals surface area contributed by atoms with Gasteiger partial charge in [0.1, 0.15) is 5.15 Å². The monoisotopic (exact) mass is 293 g/mol. The molecule has 2 aromatic rings. The number of pyridine rings is 1. The molecule has 1 aliphatic rings. The van der Waals surface area contributed by atoms with E-state index in [0.717, 1.165) is 19.4 Å². The van der Waals surface area contributed by atoms with Crippen molar-refractivity contribution in [2.45, 2.75) is 18.9 Å². The molecule has 0 saturated carbocycles. The van der Waals surface area contributed by atoms with Crippen LogP contribution in [-0.2, 0) is 0 Å². The number of hydrogen-bond donors (Lipinski definition) is 2. The predicted octanol–water partition coefficient (Wildman–Crippen LogP) is 1.79. The fourth-order valence-electron chi connectivity index (χ4n) is 2.03. The number of hydrogen-bond acceptors (Lipinski definition) is 6. The summed E-state index contributed by atoms with van der Waals surface area (Å²) >= 11 is 5.74. The van der Waals surface area contributed by atoms with E-state index >= 15 is 0 Å². The first-order valence-electron chi connectivity index (χ1n) is 6.22. The summed E-state index contributed by atoms with van der Waals surface area (Å²) in [6.07, 6.45) is 3.50. The summed E-state index contributed by atoms with van der Waals surface area (Å²) in [5.74, 6) is 0.00214. The third-order valence-corrected chi connectivity index (χ3v) is 3.19. The third-order valence-electron chi connectivity index (χ3n) is 2.99. The maximum absolute atomic E-state index is 12.0. The molecule has 0 aromatic carbocycles. The van der Waals surface area contributed by atoms with Crippen LogP contribution in [0.15, 0.2) is 22.9 Å². The maximum atomic E-state index is 12.0. The highest BCUT2D eigenvalue weighted by atomic mass is 35.5. The van der Waals surface area contributed by atoms with E-state index in [1.54, 1.807) is 12.1 Å². The zero-order valence-electron chi connectivity index (χ0n) is 10.5. The van der Waals surface area contributed by atoms with Crippen LogP contribution in [0.3, 0.4) is 0 Å². The molecule has 1 unspecified atom stereocenters. The van der Waals surface area contributed by atoms with Crippen molar-refractivity contribution in [3.63, 3.8) is 0 Å². The number of carbonyl (C=O) groups excluding carboxylic acids is 1. The number of amides is 1. The molecule has 2 N–H and O–H groups in total. The van der Waals surface area contributed by atoms with E-state index in [0.29, 0.717) is 16.7 Å². The van der Waals surface area contributed by atoms with Gasteiger partial charge in [-0.15, -0.1) is 0 Å². The molecule has 3 heterocycles. The molecule has 20 heavy (non-hydrogen) atoms. The van der Waals surface area contributed by atoms with Crippen LogP contribution in [0.5, 0.6) is 0 Å². The number of halogens is 1. The second kappa shape index (κ2) is 5.56. The first kappa shape index (κ1) is 13.0. The minimum atomic E-state index is -0.444. The van der Waals surface area contributed by atoms with Crippen molar-refractivity contribution in [3.8, 4) is 0 Å². The van der Waals surface area contributed by atoms with Crippen molar-refractivity contribution in [2.24, 2.45) is 0 Å². The lowest BCUT2D eigenvalue weighted by atomic mass is 10.2. The number of rotatable bonds is 3. The Labute approximate surface area is 119 Å². The van der Waals surface area contributed by atoms with Crippen LogP contribution in [0, 0.1) is 0 Å². The van der Waals surface area contributed by atoms with Crippen molar-refractivity contribution in [2.75, 3.05) is 11.9 Å². The normalized spacial score (nSPS) is 18.1. The van der Waals surface area contributed by atoms with E-state index in [2.05, 4.69) is 25.8 Å². The summed E-state index contributed by atoms with van der Waals surface area (Å²) in [5, 5.41) is 9.85. The van der Waals surface area contributed by atoms with Crippen molar-refractivity contribution >= 4 is 23.2 Å². The highest BCUT2D eigenvalue weighted by Crippen LogP contribution is 2.21. The smallest absolute Gasteiger partial charge is 0.297 e. The van der Waals surface area contributed by atoms with Crippen LogP contribution in [0.25, 0.3) is 0 Å². The van der Waals surface area contributed by atoms with Crippen LogP contribution in [0.4, 0.5) is 5.69 Å². The SMILES string of the molecule is O=C(Nc1ccnc(Cl)c1)c1noc(C2CCCN2)n1. The molecule has 2 aromatic heterocycles. The molecule has 1 saturated heterocycles. The first-order chi connectivity index (χ1) is 9.72. The molecule has 3 rings (SSSR count). The number of nitrogens with zero attached hydrogens (tertiary/aromatic N) is 3. The zero-order chi connectivity index (χ0) is 13.9. The van der Waals surface area contributed by atoms with Crippen LogP contribution >= 0.6 is 11.6 Å². The number of aromatic nitrogens is 3. The number of carbonyl (C=O) groups is 1. The van der Waals surface area contributed by atoms with E-state index in [9.17, 15) is 4.79 Å². The lowest BCUT2D eigenvalue weighted by molar-refractivity contribution is 0.101. The second-order valence-corrected chi connectivity index (χ2v) is 4.81. The lowest BCUT2D eigenvalue weighted by Crippen LogP contribution is -2.15. The predicted molar refractivity (Wildman–Crippen MR) is 71.5 cm³/mol. The molecule has 1 fully saturated rings. The Hall–Kier alpha value is -1.99. The van der Waals surface area contributed by atoms with Crippen LogP contribution in [0.1, 0.15) is 35.4 Å². The molecule has 1 amide bonds. The number of nitrogens with one attached hydrogen (secondary N) is 2. The molecule has 0 spiro atoms. The molecular weight excluding hydrogens is 282 g/mol. The van der Waals surface area contributed by atoms with Gasteiger partial charge in [0.15, 0.2) is 0 Å². The van der Waals surface area contributed by atoms with E-state index in [4.69, 9.17) is 16.1 Å². The molecule has 0 aliphatic carbocycles. The average Bonchev–Trinajstić information content (AvgIpc) is 3.10. The van der Waals surface area contributed by atoms with Gasteiger partial charge in [-0.1, -0.05) is 16.8 Å². The molecule has 1 atom stereocenters. The molecule has 0 bridgehead atoms. The zero-order valence-corrected chi connectivity index (χ0v) is 11.2. The summed E-state index contributed by atoms with van der Waals surface area (Å²) in [5.41, 5.74) is 0.528. The van der Waals surface area contributed by atoms with Crippen LogP contribution < -0.4 is 10.6 Å². The standard InChI is InChI=1S/C12H12ClN5O2/c13-9-6-7(3-5-15-9)16-11(19)10-17-12(20-18-10)8-2-1-4-14-8/h3,5-6,8,14H,1-2,4H2,(H,15,16,19). The Morgan fingerprint density at radius 2 is 2.45 bits per heavy atom. The van der Waals surface area contributed by atoms with Gasteiger partial charge in [-0.25, -0.2) is 4.98 Å². The average molecular weight is 294 g/mol. The molecule has 7 nitrogen and oxygen atoms in total. The van der Waals surface area contributed by atoms with Crippen molar-refractivity contribution < 1.29 is 9.32 Å². The largest absolute Gasteiger partial charge is 0.337 e. The van der Waals surface area contributed by atoms with E-state index in [-0.39, 0.29) is 11.9 Å². The Bertz CT molecular complexity index is 624. The minimum absolute atomic E-state index is 0.00151. The summed E-state index contributed by atoms with van der Waals surface area (Å²) in [6, 6.07) is 3.21. The summed E-state index contributed by atoms with van der Waals surface area (Å²) in [4.78, 5) is 19.9. The fourth-order valence-corrected chi connectivity index (χ4v) is 2.21. The Morgan fingerprint density at radius 1 is 1.55 bits per heavy atom. The van der Waals surface area contributed by atoms with E-state index in [1.807, 2.05) is 0 Å². The molecule has 8 heteroatoms. The Balaban J connectivity index is 1.71. The van der Waals surface area contributed by atoms with Crippen molar-refractivity contribution in [1.29, 1.82) is 0 Å². The Morgan fingerprint density at radius 3 is 3.20 bits per heavy atom. The van der Waals surface area contributed by atoms with Crippen molar-refractivity contribution in [3.05, 3.63) is 35.2 Å². The highest BCUT2D eigenvalue weighted by molar-refractivity contribution is 6.29. The Kier molecular flexibility index (Phi) is 3.62. The topological polar surface area (TPSA) is 92.9 Å².